The van der Waals surface area contributed by atoms with E-state index in [2.05, 4.69) is 5.32 Å². The zero-order valence-corrected chi connectivity index (χ0v) is 19.2. The topological polar surface area (TPSA) is 97.7 Å². The number of thiophene rings is 1. The second kappa shape index (κ2) is 11.0. The van der Waals surface area contributed by atoms with Gasteiger partial charge in [-0.25, -0.2) is 4.79 Å². The lowest BCUT2D eigenvalue weighted by atomic mass is 10.0. The molecule has 33 heavy (non-hydrogen) atoms. The largest absolute Gasteiger partial charge is 0.493 e. The molecule has 7 nitrogen and oxygen atoms in total. The number of benzene rings is 2. The molecule has 0 aliphatic rings. The Kier molecular flexibility index (Phi) is 7.84. The van der Waals surface area contributed by atoms with E-state index in [0.29, 0.717) is 27.6 Å². The number of nitrogens with one attached hydrogen (secondary N) is 1. The Morgan fingerprint density at radius 2 is 1.82 bits per heavy atom. The predicted octanol–water partition coefficient (Wildman–Crippen LogP) is 5.15. The van der Waals surface area contributed by atoms with Gasteiger partial charge in [0.1, 0.15) is 22.2 Å². The van der Waals surface area contributed by atoms with Gasteiger partial charge in [-0.1, -0.05) is 36.4 Å². The Labute approximate surface area is 195 Å². The summed E-state index contributed by atoms with van der Waals surface area (Å²) in [5, 5.41) is 14.4. The Balaban J connectivity index is 1.94. The summed E-state index contributed by atoms with van der Waals surface area (Å²) in [6.45, 7) is 1.91. The van der Waals surface area contributed by atoms with Gasteiger partial charge in [-0.2, -0.15) is 5.26 Å². The smallest absolute Gasteiger partial charge is 0.341 e. The molecule has 0 bridgehead atoms. The minimum atomic E-state index is -0.640. The first-order valence-corrected chi connectivity index (χ1v) is 10.9. The van der Waals surface area contributed by atoms with E-state index in [4.69, 9.17) is 14.2 Å². The van der Waals surface area contributed by atoms with Crippen molar-refractivity contribution >= 4 is 34.3 Å². The summed E-state index contributed by atoms with van der Waals surface area (Å²) in [5.74, 6) is -0.183. The lowest BCUT2D eigenvalue weighted by Gasteiger charge is -2.09. The van der Waals surface area contributed by atoms with Crippen LogP contribution in [0.4, 0.5) is 5.00 Å². The van der Waals surface area contributed by atoms with Crippen molar-refractivity contribution in [3.63, 3.8) is 0 Å². The third-order valence-electron chi connectivity index (χ3n) is 4.67. The van der Waals surface area contributed by atoms with Crippen LogP contribution in [0.25, 0.3) is 17.2 Å². The summed E-state index contributed by atoms with van der Waals surface area (Å²) in [6, 6.07) is 16.3. The second-order valence-electron chi connectivity index (χ2n) is 6.68. The molecular weight excluding hydrogens is 440 g/mol. The highest BCUT2D eigenvalue weighted by Crippen LogP contribution is 2.36. The quantitative estimate of drug-likeness (QED) is 0.282. The number of esters is 1. The Morgan fingerprint density at radius 1 is 1.09 bits per heavy atom. The molecule has 3 rings (SSSR count). The van der Waals surface area contributed by atoms with E-state index in [9.17, 15) is 14.9 Å². The van der Waals surface area contributed by atoms with Gasteiger partial charge in [0.2, 0.25) is 0 Å². The zero-order valence-electron chi connectivity index (χ0n) is 18.4. The van der Waals surface area contributed by atoms with Gasteiger partial charge in [-0.3, -0.25) is 4.79 Å². The highest BCUT2D eigenvalue weighted by Gasteiger charge is 2.23. The van der Waals surface area contributed by atoms with E-state index < -0.39 is 11.9 Å². The number of carbonyl (C=O) groups is 2. The number of nitriles is 1. The molecular formula is C25H22N2O5S. The molecule has 0 aliphatic heterocycles. The van der Waals surface area contributed by atoms with Crippen molar-refractivity contribution in [2.75, 3.05) is 26.1 Å². The van der Waals surface area contributed by atoms with Crippen LogP contribution >= 0.6 is 11.3 Å². The van der Waals surface area contributed by atoms with Crippen molar-refractivity contribution in [3.05, 3.63) is 70.6 Å². The fraction of sp³-hybridized carbons (Fsp3) is 0.160. The summed E-state index contributed by atoms with van der Waals surface area (Å²) in [6.07, 6.45) is 1.44. The molecule has 3 aromatic rings. The van der Waals surface area contributed by atoms with Crippen LogP contribution in [0.3, 0.4) is 0 Å². The molecule has 0 unspecified atom stereocenters. The van der Waals surface area contributed by atoms with Crippen LogP contribution in [0.5, 0.6) is 11.5 Å². The van der Waals surface area contributed by atoms with Crippen molar-refractivity contribution in [3.8, 4) is 28.7 Å². The summed E-state index contributed by atoms with van der Waals surface area (Å²) in [7, 11) is 3.02. The van der Waals surface area contributed by atoms with E-state index in [-0.39, 0.29) is 17.7 Å². The summed E-state index contributed by atoms with van der Waals surface area (Å²) in [4.78, 5) is 25.6. The maximum Gasteiger partial charge on any atom is 0.341 e. The van der Waals surface area contributed by atoms with Crippen molar-refractivity contribution in [2.45, 2.75) is 6.92 Å². The van der Waals surface area contributed by atoms with Gasteiger partial charge >= 0.3 is 5.97 Å². The average Bonchev–Trinajstić information content (AvgIpc) is 3.26. The van der Waals surface area contributed by atoms with E-state index in [0.717, 1.165) is 5.56 Å². The van der Waals surface area contributed by atoms with Crippen LogP contribution in [0.1, 0.15) is 22.8 Å². The third kappa shape index (κ3) is 5.40. The molecule has 1 N–H and O–H groups in total. The van der Waals surface area contributed by atoms with E-state index in [1.165, 1.54) is 31.6 Å². The standard InChI is InChI=1S/C25H22N2O5S/c1-4-32-25(29)22-19(17-8-6-5-7-9-17)15-33-24(22)27-23(28)18(14-26)12-16-10-11-20(30-2)21(13-16)31-3/h5-13,15H,4H2,1-3H3,(H,27,28)/b18-12+. The van der Waals surface area contributed by atoms with Crippen molar-refractivity contribution < 1.29 is 23.8 Å². The average molecular weight is 463 g/mol. The molecule has 0 aliphatic carbocycles. The summed E-state index contributed by atoms with van der Waals surface area (Å²) in [5.41, 5.74) is 2.17. The summed E-state index contributed by atoms with van der Waals surface area (Å²) >= 11 is 1.19. The number of anilines is 1. The first kappa shape index (κ1) is 23.6. The van der Waals surface area contributed by atoms with Crippen LogP contribution in [0.2, 0.25) is 0 Å². The van der Waals surface area contributed by atoms with Gasteiger partial charge < -0.3 is 19.5 Å². The van der Waals surface area contributed by atoms with E-state index >= 15 is 0 Å². The number of methoxy groups -OCH3 is 2. The predicted molar refractivity (Wildman–Crippen MR) is 127 cm³/mol. The van der Waals surface area contributed by atoms with E-state index in [1.807, 2.05) is 36.4 Å². The molecule has 0 fully saturated rings. The maximum absolute atomic E-state index is 12.9. The van der Waals surface area contributed by atoms with Crippen LogP contribution in [-0.2, 0) is 9.53 Å². The Morgan fingerprint density at radius 3 is 2.45 bits per heavy atom. The fourth-order valence-corrected chi connectivity index (χ4v) is 4.07. The van der Waals surface area contributed by atoms with E-state index in [1.54, 1.807) is 30.5 Å². The normalized spacial score (nSPS) is 10.8. The number of ether oxygens (including phenoxy) is 3. The molecule has 0 spiro atoms. The van der Waals surface area contributed by atoms with Gasteiger partial charge in [0.25, 0.3) is 5.91 Å². The lowest BCUT2D eigenvalue weighted by molar-refractivity contribution is -0.112. The monoisotopic (exact) mass is 462 g/mol. The molecule has 8 heteroatoms. The highest BCUT2D eigenvalue weighted by molar-refractivity contribution is 7.15. The van der Waals surface area contributed by atoms with Gasteiger partial charge in [-0.05, 0) is 36.3 Å². The molecule has 2 aromatic carbocycles. The van der Waals surface area contributed by atoms with Crippen molar-refractivity contribution in [2.24, 2.45) is 0 Å². The molecule has 0 atom stereocenters. The maximum atomic E-state index is 12.9. The SMILES string of the molecule is CCOC(=O)c1c(-c2ccccc2)csc1NC(=O)/C(C#N)=C/c1ccc(OC)c(OC)c1. The first-order valence-electron chi connectivity index (χ1n) is 10.0. The van der Waals surface area contributed by atoms with Gasteiger partial charge in [0, 0.05) is 10.9 Å². The minimum absolute atomic E-state index is 0.133. The molecule has 1 heterocycles. The van der Waals surface area contributed by atoms with Gasteiger partial charge in [-0.15, -0.1) is 11.3 Å². The highest BCUT2D eigenvalue weighted by atomic mass is 32.1. The number of nitrogens with zero attached hydrogens (tertiary/aromatic N) is 1. The van der Waals surface area contributed by atoms with Gasteiger partial charge in [0.15, 0.2) is 11.5 Å². The Bertz CT molecular complexity index is 1230. The lowest BCUT2D eigenvalue weighted by Crippen LogP contribution is -2.16. The number of hydrogen-bond donors (Lipinski definition) is 1. The number of hydrogen-bond acceptors (Lipinski definition) is 7. The minimum Gasteiger partial charge on any atom is -0.493 e. The van der Waals surface area contributed by atoms with Crippen LogP contribution < -0.4 is 14.8 Å². The van der Waals surface area contributed by atoms with Crippen LogP contribution in [0, 0.1) is 11.3 Å². The second-order valence-corrected chi connectivity index (χ2v) is 7.56. The van der Waals surface area contributed by atoms with Gasteiger partial charge in [0.05, 0.1) is 20.8 Å². The van der Waals surface area contributed by atoms with Crippen molar-refractivity contribution in [1.29, 1.82) is 5.26 Å². The molecule has 0 saturated heterocycles. The molecule has 168 valence electrons. The molecule has 1 aromatic heterocycles. The molecule has 0 radical (unpaired) electrons. The number of rotatable bonds is 8. The molecule has 0 saturated carbocycles. The first-order chi connectivity index (χ1) is 16.0. The third-order valence-corrected chi connectivity index (χ3v) is 5.56. The molecule has 1 amide bonds. The van der Waals surface area contributed by atoms with Crippen LogP contribution in [0.15, 0.2) is 59.5 Å². The Hall–Kier alpha value is -4.09. The van der Waals surface area contributed by atoms with Crippen molar-refractivity contribution in [1.82, 2.24) is 0 Å². The zero-order chi connectivity index (χ0) is 23.8. The number of carbonyl (C=O) groups excluding carboxylic acids is 2. The van der Waals surface area contributed by atoms with Crippen LogP contribution in [-0.4, -0.2) is 32.7 Å². The fourth-order valence-electron chi connectivity index (χ4n) is 3.11. The summed E-state index contributed by atoms with van der Waals surface area (Å²) < 4.78 is 15.7. The number of amides is 1.